The molecule has 1 aliphatic rings. The van der Waals surface area contributed by atoms with Gasteiger partial charge in [0.15, 0.2) is 5.82 Å². The van der Waals surface area contributed by atoms with Crippen LogP contribution in [0.25, 0.3) is 23.4 Å². The van der Waals surface area contributed by atoms with E-state index in [9.17, 15) is 0 Å². The molecule has 0 aliphatic heterocycles. The topological polar surface area (TPSA) is 88.7 Å². The standard InChI is InChI=1S/C16H17N5O/c1-22-13-3-4-14-12(6-13)7-15(21-14)11-2-5-16(19-8-11)20-10-18-9-17/h2,4-10,13,21H,3H2,1H3,(H2,17,18,19,20). The Morgan fingerprint density at radius 2 is 2.36 bits per heavy atom. The third-order valence-electron chi connectivity index (χ3n) is 3.50. The van der Waals surface area contributed by atoms with Crippen molar-refractivity contribution in [3.05, 3.63) is 35.0 Å². The fourth-order valence-corrected chi connectivity index (χ4v) is 2.37. The molecular formula is C16H17N5O. The molecular weight excluding hydrogens is 278 g/mol. The number of hydrogen-bond acceptors (Lipinski definition) is 3. The van der Waals surface area contributed by atoms with Crippen LogP contribution in [0.2, 0.25) is 0 Å². The second-order valence-corrected chi connectivity index (χ2v) is 4.88. The molecule has 0 radical (unpaired) electrons. The van der Waals surface area contributed by atoms with Gasteiger partial charge in [0.2, 0.25) is 0 Å². The van der Waals surface area contributed by atoms with Crippen LogP contribution in [0.5, 0.6) is 0 Å². The number of fused-ring (bicyclic) bond motifs is 1. The van der Waals surface area contributed by atoms with Gasteiger partial charge in [0.25, 0.3) is 0 Å². The van der Waals surface area contributed by atoms with Crippen LogP contribution in [-0.4, -0.2) is 35.9 Å². The van der Waals surface area contributed by atoms with E-state index in [0.717, 1.165) is 28.2 Å². The Labute approximate surface area is 127 Å². The van der Waals surface area contributed by atoms with Gasteiger partial charge in [-0.25, -0.2) is 15.0 Å². The maximum Gasteiger partial charge on any atom is 0.153 e. The van der Waals surface area contributed by atoms with Crippen LogP contribution >= 0.6 is 0 Å². The molecule has 1 unspecified atom stereocenters. The molecule has 1 atom stereocenters. The van der Waals surface area contributed by atoms with Crippen molar-refractivity contribution >= 4 is 30.6 Å². The van der Waals surface area contributed by atoms with Crippen molar-refractivity contribution in [2.24, 2.45) is 15.7 Å². The van der Waals surface area contributed by atoms with E-state index < -0.39 is 0 Å². The van der Waals surface area contributed by atoms with Crippen LogP contribution < -0.4 is 16.3 Å². The molecule has 2 aromatic heterocycles. The highest BCUT2D eigenvalue weighted by Gasteiger charge is 2.09. The highest BCUT2D eigenvalue weighted by molar-refractivity contribution is 5.71. The molecule has 3 rings (SSSR count). The lowest BCUT2D eigenvalue weighted by Crippen LogP contribution is -2.29. The van der Waals surface area contributed by atoms with Crippen molar-refractivity contribution in [2.45, 2.75) is 12.5 Å². The second-order valence-electron chi connectivity index (χ2n) is 4.88. The quantitative estimate of drug-likeness (QED) is 0.643. The smallest absolute Gasteiger partial charge is 0.153 e. The summed E-state index contributed by atoms with van der Waals surface area (Å²) in [6.07, 6.45) is 9.65. The first-order chi connectivity index (χ1) is 10.8. The number of aromatic amines is 1. The summed E-state index contributed by atoms with van der Waals surface area (Å²) < 4.78 is 5.38. The molecule has 22 heavy (non-hydrogen) atoms. The number of aliphatic imine (C=N–C) groups is 2. The highest BCUT2D eigenvalue weighted by atomic mass is 16.5. The van der Waals surface area contributed by atoms with Gasteiger partial charge in [0.1, 0.15) is 6.34 Å². The van der Waals surface area contributed by atoms with Gasteiger partial charge in [-0.2, -0.15) is 0 Å². The summed E-state index contributed by atoms with van der Waals surface area (Å²) in [5, 5.41) is 2.29. The fraction of sp³-hybridized carbons (Fsp3) is 0.188. The molecule has 0 saturated heterocycles. The zero-order chi connectivity index (χ0) is 15.4. The van der Waals surface area contributed by atoms with Crippen molar-refractivity contribution in [1.82, 2.24) is 9.97 Å². The number of nitrogens with one attached hydrogen (secondary N) is 1. The molecule has 6 heteroatoms. The zero-order valence-corrected chi connectivity index (χ0v) is 12.2. The molecule has 2 heterocycles. The number of nitrogens with two attached hydrogens (primary N) is 1. The van der Waals surface area contributed by atoms with Crippen LogP contribution in [0.4, 0.5) is 5.82 Å². The number of methoxy groups -OCH3 is 1. The van der Waals surface area contributed by atoms with E-state index in [0.29, 0.717) is 5.82 Å². The summed E-state index contributed by atoms with van der Waals surface area (Å²) in [6.45, 7) is 0. The van der Waals surface area contributed by atoms with Gasteiger partial charge in [-0.15, -0.1) is 0 Å². The van der Waals surface area contributed by atoms with E-state index in [-0.39, 0.29) is 6.10 Å². The Morgan fingerprint density at radius 1 is 1.45 bits per heavy atom. The number of rotatable bonds is 4. The van der Waals surface area contributed by atoms with Gasteiger partial charge in [0, 0.05) is 29.9 Å². The van der Waals surface area contributed by atoms with Crippen molar-refractivity contribution in [1.29, 1.82) is 0 Å². The third-order valence-corrected chi connectivity index (χ3v) is 3.50. The Morgan fingerprint density at radius 3 is 3.09 bits per heavy atom. The first-order valence-corrected chi connectivity index (χ1v) is 6.96. The van der Waals surface area contributed by atoms with E-state index >= 15 is 0 Å². The molecule has 0 aromatic carbocycles. The van der Waals surface area contributed by atoms with Crippen molar-refractivity contribution in [3.8, 4) is 11.3 Å². The molecule has 0 saturated carbocycles. The minimum absolute atomic E-state index is 0.147. The van der Waals surface area contributed by atoms with Crippen LogP contribution in [0.15, 0.2) is 34.4 Å². The van der Waals surface area contributed by atoms with E-state index in [1.807, 2.05) is 12.1 Å². The summed E-state index contributed by atoms with van der Waals surface area (Å²) in [4.78, 5) is 15.5. The molecule has 2 aromatic rings. The van der Waals surface area contributed by atoms with Gasteiger partial charge >= 0.3 is 0 Å². The van der Waals surface area contributed by atoms with Gasteiger partial charge in [-0.1, -0.05) is 6.08 Å². The molecule has 0 fully saturated rings. The maximum atomic E-state index is 5.38. The molecule has 0 spiro atoms. The second kappa shape index (κ2) is 6.36. The van der Waals surface area contributed by atoms with Gasteiger partial charge in [0.05, 0.1) is 12.4 Å². The average molecular weight is 295 g/mol. The summed E-state index contributed by atoms with van der Waals surface area (Å²) in [6, 6.07) is 5.91. The monoisotopic (exact) mass is 295 g/mol. The maximum absolute atomic E-state index is 5.38. The Hall–Kier alpha value is -2.73. The Bertz CT molecular complexity index is 817. The van der Waals surface area contributed by atoms with Crippen LogP contribution in [0.3, 0.4) is 0 Å². The summed E-state index contributed by atoms with van der Waals surface area (Å²) >= 11 is 0. The predicted molar refractivity (Wildman–Crippen MR) is 88.4 cm³/mol. The van der Waals surface area contributed by atoms with Crippen molar-refractivity contribution < 1.29 is 4.74 Å². The van der Waals surface area contributed by atoms with E-state index in [1.165, 1.54) is 12.7 Å². The average Bonchev–Trinajstić information content (AvgIpc) is 2.98. The van der Waals surface area contributed by atoms with E-state index in [2.05, 4.69) is 38.2 Å². The van der Waals surface area contributed by atoms with E-state index in [1.54, 1.807) is 13.3 Å². The Kier molecular flexibility index (Phi) is 4.11. The highest BCUT2D eigenvalue weighted by Crippen LogP contribution is 2.17. The van der Waals surface area contributed by atoms with E-state index in [4.69, 9.17) is 10.5 Å². The molecule has 3 N–H and O–H groups in total. The van der Waals surface area contributed by atoms with Crippen LogP contribution in [-0.2, 0) is 4.74 Å². The predicted octanol–water partition coefficient (Wildman–Crippen LogP) is 0.703. The van der Waals surface area contributed by atoms with Crippen LogP contribution in [0.1, 0.15) is 6.42 Å². The third kappa shape index (κ3) is 2.96. The lowest BCUT2D eigenvalue weighted by molar-refractivity contribution is 0.157. The Balaban J connectivity index is 1.88. The minimum atomic E-state index is 0.147. The zero-order valence-electron chi connectivity index (χ0n) is 12.2. The van der Waals surface area contributed by atoms with Gasteiger partial charge in [-0.3, -0.25) is 0 Å². The molecule has 112 valence electrons. The number of pyridine rings is 1. The number of aromatic nitrogens is 2. The summed E-state index contributed by atoms with van der Waals surface area (Å²) in [5.74, 6) is 0.586. The lowest BCUT2D eigenvalue weighted by Gasteiger charge is -2.09. The number of hydrogen-bond donors (Lipinski definition) is 2. The number of nitrogens with zero attached hydrogens (tertiary/aromatic N) is 3. The SMILES string of the molecule is COC1C=c2cc(-c3ccc(N=CN=CN)nc3)[nH]c2=CC1. The van der Waals surface area contributed by atoms with Gasteiger partial charge < -0.3 is 15.5 Å². The fourth-order valence-electron chi connectivity index (χ4n) is 2.37. The van der Waals surface area contributed by atoms with Crippen LogP contribution in [0, 0.1) is 0 Å². The first-order valence-electron chi connectivity index (χ1n) is 6.96. The first kappa shape index (κ1) is 14.2. The molecule has 1 aliphatic carbocycles. The summed E-state index contributed by atoms with van der Waals surface area (Å²) in [5.41, 5.74) is 7.17. The van der Waals surface area contributed by atoms with Crippen molar-refractivity contribution in [2.75, 3.05) is 7.11 Å². The van der Waals surface area contributed by atoms with Gasteiger partial charge in [-0.05, 0) is 35.9 Å². The summed E-state index contributed by atoms with van der Waals surface area (Å²) in [7, 11) is 1.73. The van der Waals surface area contributed by atoms with Crippen molar-refractivity contribution in [3.63, 3.8) is 0 Å². The molecule has 0 bridgehead atoms. The number of ether oxygens (including phenoxy) is 1. The largest absolute Gasteiger partial charge is 0.390 e. The lowest BCUT2D eigenvalue weighted by atomic mass is 10.1. The molecule has 6 nitrogen and oxygen atoms in total. The minimum Gasteiger partial charge on any atom is -0.390 e. The normalized spacial score (nSPS) is 17.4. The molecule has 0 amide bonds. The number of H-pyrrole nitrogens is 1.